The second kappa shape index (κ2) is 8.44. The first kappa shape index (κ1) is 18.5. The molecule has 0 bridgehead atoms. The van der Waals surface area contributed by atoms with E-state index in [1.54, 1.807) is 18.2 Å². The third kappa shape index (κ3) is 4.70. The molecule has 2 N–H and O–H groups in total. The molecule has 1 saturated heterocycles. The molecule has 1 fully saturated rings. The molecule has 0 atom stereocenters. The topological polar surface area (TPSA) is 70.7 Å². The van der Waals surface area contributed by atoms with E-state index in [2.05, 4.69) is 39.8 Å². The van der Waals surface area contributed by atoms with Crippen molar-refractivity contribution in [2.75, 3.05) is 36.9 Å². The van der Waals surface area contributed by atoms with Gasteiger partial charge >= 0.3 is 0 Å². The van der Waals surface area contributed by atoms with E-state index in [0.717, 1.165) is 32.4 Å². The predicted molar refractivity (Wildman–Crippen MR) is 109 cm³/mol. The SMILES string of the molecule is O=C(CN1CCC(Cc2ccccc2)CC1)Nc1ccc2c(c1)NC(=O)CO2. The molecule has 2 aliphatic heterocycles. The first-order valence-electron chi connectivity index (χ1n) is 9.78. The van der Waals surface area contributed by atoms with Crippen LogP contribution < -0.4 is 15.4 Å². The molecule has 4 rings (SSSR count). The normalized spacial score (nSPS) is 17.4. The van der Waals surface area contributed by atoms with Gasteiger partial charge in [-0.3, -0.25) is 14.5 Å². The molecule has 0 saturated carbocycles. The summed E-state index contributed by atoms with van der Waals surface area (Å²) in [5, 5.41) is 5.67. The maximum Gasteiger partial charge on any atom is 0.262 e. The summed E-state index contributed by atoms with van der Waals surface area (Å²) >= 11 is 0. The number of hydrogen-bond donors (Lipinski definition) is 2. The van der Waals surface area contributed by atoms with E-state index in [9.17, 15) is 9.59 Å². The minimum absolute atomic E-state index is 0.0267. The van der Waals surface area contributed by atoms with Gasteiger partial charge in [-0.05, 0) is 62.0 Å². The third-order valence-electron chi connectivity index (χ3n) is 5.34. The number of rotatable bonds is 5. The first-order chi connectivity index (χ1) is 13.7. The van der Waals surface area contributed by atoms with E-state index in [-0.39, 0.29) is 18.4 Å². The Labute approximate surface area is 164 Å². The summed E-state index contributed by atoms with van der Waals surface area (Å²) in [7, 11) is 0. The van der Waals surface area contributed by atoms with E-state index >= 15 is 0 Å². The average molecular weight is 379 g/mol. The highest BCUT2D eigenvalue weighted by Gasteiger charge is 2.21. The van der Waals surface area contributed by atoms with Gasteiger partial charge in [-0.15, -0.1) is 0 Å². The summed E-state index contributed by atoms with van der Waals surface area (Å²) in [6, 6.07) is 15.9. The summed E-state index contributed by atoms with van der Waals surface area (Å²) < 4.78 is 5.34. The molecular formula is C22H25N3O3. The predicted octanol–water partition coefficient (Wildman–Crippen LogP) is 2.91. The van der Waals surface area contributed by atoms with E-state index < -0.39 is 0 Å². The van der Waals surface area contributed by atoms with Crippen molar-refractivity contribution in [3.8, 4) is 5.75 Å². The number of likely N-dealkylation sites (tertiary alicyclic amines) is 1. The molecule has 28 heavy (non-hydrogen) atoms. The molecule has 2 aromatic rings. The molecule has 2 heterocycles. The van der Waals surface area contributed by atoms with Crippen molar-refractivity contribution >= 4 is 23.2 Å². The van der Waals surface area contributed by atoms with Gasteiger partial charge in [0.15, 0.2) is 6.61 Å². The minimum atomic E-state index is -0.186. The number of amides is 2. The molecule has 6 nitrogen and oxygen atoms in total. The van der Waals surface area contributed by atoms with Crippen molar-refractivity contribution in [1.29, 1.82) is 0 Å². The van der Waals surface area contributed by atoms with Crippen LogP contribution in [0.15, 0.2) is 48.5 Å². The molecule has 0 aromatic heterocycles. The number of carbonyl (C=O) groups is 2. The average Bonchev–Trinajstić information content (AvgIpc) is 2.70. The molecular weight excluding hydrogens is 354 g/mol. The lowest BCUT2D eigenvalue weighted by Gasteiger charge is -2.31. The van der Waals surface area contributed by atoms with Crippen LogP contribution >= 0.6 is 0 Å². The molecule has 6 heteroatoms. The van der Waals surface area contributed by atoms with E-state index in [0.29, 0.717) is 29.6 Å². The number of piperidine rings is 1. The lowest BCUT2D eigenvalue weighted by molar-refractivity contribution is -0.119. The van der Waals surface area contributed by atoms with E-state index in [1.807, 2.05) is 6.07 Å². The van der Waals surface area contributed by atoms with Crippen LogP contribution in [0.5, 0.6) is 5.75 Å². The first-order valence-corrected chi connectivity index (χ1v) is 9.78. The maximum absolute atomic E-state index is 12.4. The molecule has 0 radical (unpaired) electrons. The lowest BCUT2D eigenvalue weighted by Crippen LogP contribution is -2.39. The Bertz CT molecular complexity index is 845. The van der Waals surface area contributed by atoms with Gasteiger partial charge in [0.25, 0.3) is 5.91 Å². The number of anilines is 2. The Morgan fingerprint density at radius 1 is 1.14 bits per heavy atom. The Morgan fingerprint density at radius 3 is 2.71 bits per heavy atom. The monoisotopic (exact) mass is 379 g/mol. The van der Waals surface area contributed by atoms with Gasteiger partial charge in [0.1, 0.15) is 5.75 Å². The van der Waals surface area contributed by atoms with Crippen LogP contribution in [-0.2, 0) is 16.0 Å². The second-order valence-corrected chi connectivity index (χ2v) is 7.51. The molecule has 2 aliphatic rings. The molecule has 146 valence electrons. The summed E-state index contributed by atoms with van der Waals surface area (Å²) in [4.78, 5) is 26.1. The van der Waals surface area contributed by atoms with Gasteiger partial charge in [0.05, 0.1) is 12.2 Å². The zero-order chi connectivity index (χ0) is 19.3. The summed E-state index contributed by atoms with van der Waals surface area (Å²) in [5.74, 6) is 1.09. The second-order valence-electron chi connectivity index (χ2n) is 7.51. The largest absolute Gasteiger partial charge is 0.482 e. The van der Waals surface area contributed by atoms with Gasteiger partial charge in [-0.2, -0.15) is 0 Å². The molecule has 0 unspecified atom stereocenters. The lowest BCUT2D eigenvalue weighted by atomic mass is 9.90. The van der Waals surface area contributed by atoms with Crippen molar-refractivity contribution in [1.82, 2.24) is 4.90 Å². The summed E-state index contributed by atoms with van der Waals surface area (Å²) in [6.07, 6.45) is 3.35. The third-order valence-corrected chi connectivity index (χ3v) is 5.34. The van der Waals surface area contributed by atoms with Crippen molar-refractivity contribution in [3.05, 3.63) is 54.1 Å². The number of benzene rings is 2. The minimum Gasteiger partial charge on any atom is -0.482 e. The number of hydrogen-bond acceptors (Lipinski definition) is 4. The maximum atomic E-state index is 12.4. The smallest absolute Gasteiger partial charge is 0.262 e. The van der Waals surface area contributed by atoms with Gasteiger partial charge in [-0.1, -0.05) is 30.3 Å². The molecule has 2 amide bonds. The number of ether oxygens (including phenoxy) is 1. The highest BCUT2D eigenvalue weighted by Crippen LogP contribution is 2.30. The molecule has 0 spiro atoms. The highest BCUT2D eigenvalue weighted by atomic mass is 16.5. The van der Waals surface area contributed by atoms with Gasteiger partial charge < -0.3 is 15.4 Å². The summed E-state index contributed by atoms with van der Waals surface area (Å²) in [6.45, 7) is 2.30. The Kier molecular flexibility index (Phi) is 5.58. The van der Waals surface area contributed by atoms with Crippen molar-refractivity contribution in [3.63, 3.8) is 0 Å². The van der Waals surface area contributed by atoms with E-state index in [4.69, 9.17) is 4.74 Å². The fourth-order valence-corrected chi connectivity index (χ4v) is 3.86. The van der Waals surface area contributed by atoms with Gasteiger partial charge in [0.2, 0.25) is 5.91 Å². The highest BCUT2D eigenvalue weighted by molar-refractivity contribution is 5.98. The zero-order valence-electron chi connectivity index (χ0n) is 15.8. The van der Waals surface area contributed by atoms with E-state index in [1.165, 1.54) is 5.56 Å². The fraction of sp³-hybridized carbons (Fsp3) is 0.364. The van der Waals surface area contributed by atoms with Crippen molar-refractivity contribution < 1.29 is 14.3 Å². The number of nitrogens with zero attached hydrogens (tertiary/aromatic N) is 1. The van der Waals surface area contributed by atoms with Crippen LogP contribution in [0.4, 0.5) is 11.4 Å². The van der Waals surface area contributed by atoms with Crippen LogP contribution in [0.1, 0.15) is 18.4 Å². The fourth-order valence-electron chi connectivity index (χ4n) is 3.86. The standard InChI is InChI=1S/C22H25N3O3/c26-21(23-18-6-7-20-19(13-18)24-22(27)15-28-20)14-25-10-8-17(9-11-25)12-16-4-2-1-3-5-16/h1-7,13,17H,8-12,14-15H2,(H,23,26)(H,24,27). The van der Waals surface area contributed by atoms with Crippen LogP contribution in [0, 0.1) is 5.92 Å². The van der Waals surface area contributed by atoms with Crippen LogP contribution in [0.2, 0.25) is 0 Å². The Morgan fingerprint density at radius 2 is 1.93 bits per heavy atom. The molecule has 0 aliphatic carbocycles. The quantitative estimate of drug-likeness (QED) is 0.838. The van der Waals surface area contributed by atoms with Crippen LogP contribution in [-0.4, -0.2) is 43.0 Å². The van der Waals surface area contributed by atoms with Crippen LogP contribution in [0.25, 0.3) is 0 Å². The molecule has 2 aromatic carbocycles. The van der Waals surface area contributed by atoms with Gasteiger partial charge in [-0.25, -0.2) is 0 Å². The number of carbonyl (C=O) groups excluding carboxylic acids is 2. The van der Waals surface area contributed by atoms with Crippen molar-refractivity contribution in [2.45, 2.75) is 19.3 Å². The Balaban J connectivity index is 1.25. The van der Waals surface area contributed by atoms with Crippen LogP contribution in [0.3, 0.4) is 0 Å². The number of fused-ring (bicyclic) bond motifs is 1. The van der Waals surface area contributed by atoms with Crippen molar-refractivity contribution in [2.24, 2.45) is 5.92 Å². The Hall–Kier alpha value is -2.86. The zero-order valence-corrected chi connectivity index (χ0v) is 15.8. The van der Waals surface area contributed by atoms with Gasteiger partial charge in [0, 0.05) is 5.69 Å². The number of nitrogens with one attached hydrogen (secondary N) is 2. The summed E-state index contributed by atoms with van der Waals surface area (Å²) in [5.41, 5.74) is 2.64.